The summed E-state index contributed by atoms with van der Waals surface area (Å²) >= 11 is 0. The van der Waals surface area contributed by atoms with E-state index < -0.39 is 0 Å². The number of benzene rings is 1. The number of likely N-dealkylation sites (tertiary alicyclic amines) is 1. The minimum absolute atomic E-state index is 0.0388. The van der Waals surface area contributed by atoms with Gasteiger partial charge in [0, 0.05) is 24.9 Å². The van der Waals surface area contributed by atoms with Gasteiger partial charge in [-0.25, -0.2) is 0 Å². The van der Waals surface area contributed by atoms with E-state index in [4.69, 9.17) is 4.74 Å². The van der Waals surface area contributed by atoms with Gasteiger partial charge in [0.05, 0.1) is 30.8 Å². The smallest absolute Gasteiger partial charge is 0.309 e. The monoisotopic (exact) mass is 357 g/mol. The second kappa shape index (κ2) is 8.12. The first-order valence-corrected chi connectivity index (χ1v) is 8.99. The van der Waals surface area contributed by atoms with Gasteiger partial charge in [0.2, 0.25) is 11.3 Å². The molecule has 1 aromatic carbocycles. The number of ether oxygens (including phenoxy) is 1. The fourth-order valence-corrected chi connectivity index (χ4v) is 3.32. The van der Waals surface area contributed by atoms with Crippen LogP contribution in [0.1, 0.15) is 26.2 Å². The van der Waals surface area contributed by atoms with Crippen molar-refractivity contribution in [2.24, 2.45) is 5.92 Å². The van der Waals surface area contributed by atoms with Crippen molar-refractivity contribution in [1.29, 1.82) is 0 Å². The zero-order valence-corrected chi connectivity index (χ0v) is 14.9. The van der Waals surface area contributed by atoms with Gasteiger partial charge in [0.15, 0.2) is 0 Å². The van der Waals surface area contributed by atoms with Crippen LogP contribution in [-0.2, 0) is 20.9 Å². The summed E-state index contributed by atoms with van der Waals surface area (Å²) in [6.07, 6.45) is 2.88. The summed E-state index contributed by atoms with van der Waals surface area (Å²) in [6.45, 7) is 3.74. The van der Waals surface area contributed by atoms with Gasteiger partial charge in [0.1, 0.15) is 0 Å². The molecule has 1 amide bonds. The van der Waals surface area contributed by atoms with E-state index in [0.29, 0.717) is 50.9 Å². The van der Waals surface area contributed by atoms with Crippen LogP contribution in [0.2, 0.25) is 0 Å². The van der Waals surface area contributed by atoms with E-state index >= 15 is 0 Å². The molecule has 1 aliphatic rings. The maximum Gasteiger partial charge on any atom is 0.309 e. The van der Waals surface area contributed by atoms with Gasteiger partial charge in [-0.1, -0.05) is 12.1 Å². The second-order valence-corrected chi connectivity index (χ2v) is 6.41. The van der Waals surface area contributed by atoms with Crippen LogP contribution in [0.25, 0.3) is 10.9 Å². The fourth-order valence-electron chi connectivity index (χ4n) is 3.32. The van der Waals surface area contributed by atoms with Crippen LogP contribution in [0.4, 0.5) is 0 Å². The summed E-state index contributed by atoms with van der Waals surface area (Å²) in [6, 6.07) is 7.26. The summed E-state index contributed by atoms with van der Waals surface area (Å²) < 4.78 is 6.75. The summed E-state index contributed by atoms with van der Waals surface area (Å²) in [5, 5.41) is 4.75. The van der Waals surface area contributed by atoms with Crippen LogP contribution in [0.5, 0.6) is 0 Å². The number of aryl methyl sites for hydroxylation is 1. The van der Waals surface area contributed by atoms with E-state index in [2.05, 4.69) is 5.10 Å². The quantitative estimate of drug-likeness (QED) is 0.759. The highest BCUT2D eigenvalue weighted by Gasteiger charge is 2.28. The van der Waals surface area contributed by atoms with Crippen molar-refractivity contribution in [3.05, 3.63) is 40.7 Å². The molecule has 0 radical (unpaired) electrons. The molecule has 1 aromatic heterocycles. The molecule has 0 N–H and O–H groups in total. The third-order valence-corrected chi connectivity index (χ3v) is 4.77. The molecule has 7 heteroatoms. The third-order valence-electron chi connectivity index (χ3n) is 4.77. The van der Waals surface area contributed by atoms with Crippen LogP contribution < -0.4 is 5.43 Å². The van der Waals surface area contributed by atoms with Crippen LogP contribution >= 0.6 is 0 Å². The Morgan fingerprint density at radius 2 is 1.96 bits per heavy atom. The van der Waals surface area contributed by atoms with Crippen molar-refractivity contribution in [2.75, 3.05) is 19.7 Å². The Hall–Kier alpha value is -2.70. The van der Waals surface area contributed by atoms with Gasteiger partial charge in [0.25, 0.3) is 0 Å². The molecule has 1 aliphatic heterocycles. The highest BCUT2D eigenvalue weighted by Crippen LogP contribution is 2.19. The highest BCUT2D eigenvalue weighted by atomic mass is 16.5. The molecule has 26 heavy (non-hydrogen) atoms. The van der Waals surface area contributed by atoms with Gasteiger partial charge < -0.3 is 9.64 Å². The Balaban J connectivity index is 1.58. The van der Waals surface area contributed by atoms with Gasteiger partial charge in [-0.3, -0.25) is 19.1 Å². The van der Waals surface area contributed by atoms with E-state index in [9.17, 15) is 14.4 Å². The number of aromatic nitrogens is 2. The lowest BCUT2D eigenvalue weighted by molar-refractivity contribution is -0.151. The predicted octanol–water partition coefficient (Wildman–Crippen LogP) is 1.59. The van der Waals surface area contributed by atoms with Crippen LogP contribution in [0, 0.1) is 5.92 Å². The molecule has 0 bridgehead atoms. The number of hydrogen-bond acceptors (Lipinski definition) is 5. The fraction of sp³-hybridized carbons (Fsp3) is 0.474. The molecule has 0 aliphatic carbocycles. The van der Waals surface area contributed by atoms with Crippen LogP contribution in [0.15, 0.2) is 35.3 Å². The minimum Gasteiger partial charge on any atom is -0.466 e. The zero-order chi connectivity index (χ0) is 18.5. The lowest BCUT2D eigenvalue weighted by Crippen LogP contribution is -2.41. The Labute approximate surface area is 151 Å². The third kappa shape index (κ3) is 3.92. The lowest BCUT2D eigenvalue weighted by atomic mass is 9.97. The molecule has 0 unspecified atom stereocenters. The topological polar surface area (TPSA) is 81.5 Å². The molecule has 0 atom stereocenters. The molecule has 3 rings (SSSR count). The van der Waals surface area contributed by atoms with Crippen LogP contribution in [-0.4, -0.2) is 46.3 Å². The zero-order valence-electron chi connectivity index (χ0n) is 14.9. The van der Waals surface area contributed by atoms with E-state index in [-0.39, 0.29) is 23.2 Å². The molecular weight excluding hydrogens is 334 g/mol. The first-order valence-electron chi connectivity index (χ1n) is 8.99. The Kier molecular flexibility index (Phi) is 5.65. The van der Waals surface area contributed by atoms with Gasteiger partial charge in [-0.15, -0.1) is 0 Å². The maximum atomic E-state index is 12.5. The van der Waals surface area contributed by atoms with Crippen molar-refractivity contribution in [2.45, 2.75) is 32.7 Å². The Morgan fingerprint density at radius 1 is 1.23 bits per heavy atom. The average Bonchev–Trinajstić information content (AvgIpc) is 2.68. The van der Waals surface area contributed by atoms with Crippen molar-refractivity contribution < 1.29 is 14.3 Å². The number of hydrogen-bond donors (Lipinski definition) is 0. The molecule has 0 saturated carbocycles. The average molecular weight is 357 g/mol. The van der Waals surface area contributed by atoms with Crippen molar-refractivity contribution in [3.8, 4) is 0 Å². The first-order chi connectivity index (χ1) is 12.6. The van der Waals surface area contributed by atoms with E-state index in [0.717, 1.165) is 5.52 Å². The number of carbonyl (C=O) groups is 2. The minimum atomic E-state index is -0.163. The number of carbonyl (C=O) groups excluding carboxylic acids is 2. The lowest BCUT2D eigenvalue weighted by Gasteiger charge is -2.31. The second-order valence-electron chi connectivity index (χ2n) is 6.41. The van der Waals surface area contributed by atoms with Crippen molar-refractivity contribution >= 4 is 22.8 Å². The first kappa shape index (κ1) is 18.1. The number of para-hydroxylation sites is 1. The normalized spacial score (nSPS) is 15.2. The predicted molar refractivity (Wildman–Crippen MR) is 96.6 cm³/mol. The molecule has 2 aromatic rings. The highest BCUT2D eigenvalue weighted by molar-refractivity contribution is 5.79. The largest absolute Gasteiger partial charge is 0.466 e. The molecule has 1 saturated heterocycles. The standard InChI is InChI=1S/C19H23N3O4/c1-2-26-19(25)14-7-10-21(11-8-14)18(24)9-12-22-16-6-4-3-5-15(16)17(23)13-20-22/h3-6,13-14H,2,7-12H2,1H3. The SMILES string of the molecule is CCOC(=O)C1CCN(C(=O)CCn2ncc(=O)c3ccccc32)CC1. The number of rotatable bonds is 5. The molecule has 0 spiro atoms. The van der Waals surface area contributed by atoms with E-state index in [1.807, 2.05) is 18.2 Å². The summed E-state index contributed by atoms with van der Waals surface area (Å²) in [5.41, 5.74) is 0.609. The molecule has 1 fully saturated rings. The van der Waals surface area contributed by atoms with E-state index in [1.54, 1.807) is 22.6 Å². The van der Waals surface area contributed by atoms with Crippen molar-refractivity contribution in [1.82, 2.24) is 14.7 Å². The summed E-state index contributed by atoms with van der Waals surface area (Å²) in [4.78, 5) is 37.9. The van der Waals surface area contributed by atoms with E-state index in [1.165, 1.54) is 6.20 Å². The summed E-state index contributed by atoms with van der Waals surface area (Å²) in [5.74, 6) is -0.232. The summed E-state index contributed by atoms with van der Waals surface area (Å²) in [7, 11) is 0. The van der Waals surface area contributed by atoms with Gasteiger partial charge in [-0.05, 0) is 31.9 Å². The molecule has 2 heterocycles. The number of amides is 1. The number of nitrogens with zero attached hydrogens (tertiary/aromatic N) is 3. The van der Waals surface area contributed by atoms with Gasteiger partial charge in [-0.2, -0.15) is 5.10 Å². The maximum absolute atomic E-state index is 12.5. The molecule has 138 valence electrons. The molecule has 7 nitrogen and oxygen atoms in total. The number of fused-ring (bicyclic) bond motifs is 1. The molecular formula is C19H23N3O4. The van der Waals surface area contributed by atoms with Crippen molar-refractivity contribution in [3.63, 3.8) is 0 Å². The van der Waals surface area contributed by atoms with Crippen LogP contribution in [0.3, 0.4) is 0 Å². The number of esters is 1. The van der Waals surface area contributed by atoms with Gasteiger partial charge >= 0.3 is 5.97 Å². The Bertz CT molecular complexity index is 853. The number of piperidine rings is 1. The Morgan fingerprint density at radius 3 is 2.69 bits per heavy atom.